The number of nitrogens with zero attached hydrogens (tertiary/aromatic N) is 2. The first-order valence-electron chi connectivity index (χ1n) is 8.78. The van der Waals surface area contributed by atoms with E-state index < -0.39 is 0 Å². The Labute approximate surface area is 153 Å². The van der Waals surface area contributed by atoms with E-state index in [9.17, 15) is 9.59 Å². The Balaban J connectivity index is 1.90. The normalized spacial score (nSPS) is 15.0. The third kappa shape index (κ3) is 6.28. The molecule has 7 nitrogen and oxygen atoms in total. The molecule has 2 rings (SSSR count). The zero-order valence-corrected chi connectivity index (χ0v) is 16.1. The number of aryl methyl sites for hydroxylation is 2. The van der Waals surface area contributed by atoms with Crippen LogP contribution in [0.1, 0.15) is 42.7 Å². The highest BCUT2D eigenvalue weighted by Crippen LogP contribution is 2.21. The van der Waals surface area contributed by atoms with Gasteiger partial charge >= 0.3 is 6.03 Å². The average molecular weight is 369 g/mol. The summed E-state index contributed by atoms with van der Waals surface area (Å²) in [5.41, 5.74) is 0.909. The van der Waals surface area contributed by atoms with E-state index in [0.717, 1.165) is 36.3 Å². The molecule has 0 spiro atoms. The first kappa shape index (κ1) is 19.7. The summed E-state index contributed by atoms with van der Waals surface area (Å²) >= 11 is 1.44. The van der Waals surface area contributed by atoms with E-state index in [2.05, 4.69) is 15.6 Å². The second kappa shape index (κ2) is 9.72. The highest BCUT2D eigenvalue weighted by Gasteiger charge is 2.22. The molecule has 2 N–H and O–H groups in total. The molecule has 1 aromatic rings. The van der Waals surface area contributed by atoms with Crippen LogP contribution in [0.4, 0.5) is 9.93 Å². The number of carbonyl (C=O) groups is 2. The second-order valence-electron chi connectivity index (χ2n) is 6.41. The number of aromatic nitrogens is 1. The molecule has 0 aliphatic heterocycles. The highest BCUT2D eigenvalue weighted by molar-refractivity contribution is 7.15. The van der Waals surface area contributed by atoms with Crippen molar-refractivity contribution >= 4 is 28.4 Å². The summed E-state index contributed by atoms with van der Waals surface area (Å²) < 4.78 is 5.07. The Kier molecular flexibility index (Phi) is 7.64. The van der Waals surface area contributed by atoms with Crippen LogP contribution in [-0.4, -0.2) is 54.7 Å². The fourth-order valence-corrected chi connectivity index (χ4v) is 3.66. The van der Waals surface area contributed by atoms with Gasteiger partial charge in [-0.25, -0.2) is 9.78 Å². The molecule has 1 heterocycles. The zero-order chi connectivity index (χ0) is 18.2. The summed E-state index contributed by atoms with van der Waals surface area (Å²) in [7, 11) is 1.58. The van der Waals surface area contributed by atoms with Gasteiger partial charge in [-0.2, -0.15) is 0 Å². The van der Waals surface area contributed by atoms with E-state index >= 15 is 0 Å². The van der Waals surface area contributed by atoms with Gasteiger partial charge in [0.2, 0.25) is 5.91 Å². The molecule has 0 unspecified atom stereocenters. The minimum absolute atomic E-state index is 0.0143. The number of hydrogen-bond donors (Lipinski definition) is 2. The zero-order valence-electron chi connectivity index (χ0n) is 15.3. The predicted octanol–water partition coefficient (Wildman–Crippen LogP) is 2.69. The Morgan fingerprint density at radius 1 is 1.28 bits per heavy atom. The van der Waals surface area contributed by atoms with Crippen molar-refractivity contribution in [2.24, 2.45) is 0 Å². The van der Waals surface area contributed by atoms with Gasteiger partial charge in [-0.3, -0.25) is 4.79 Å². The number of thiazole rings is 1. The number of hydrogen-bond acceptors (Lipinski definition) is 5. The van der Waals surface area contributed by atoms with Crippen molar-refractivity contribution in [3.8, 4) is 0 Å². The Morgan fingerprint density at radius 3 is 2.60 bits per heavy atom. The van der Waals surface area contributed by atoms with Crippen LogP contribution in [0.2, 0.25) is 0 Å². The van der Waals surface area contributed by atoms with E-state index in [1.54, 1.807) is 7.11 Å². The molecule has 25 heavy (non-hydrogen) atoms. The summed E-state index contributed by atoms with van der Waals surface area (Å²) in [6, 6.07) is 0.00391. The van der Waals surface area contributed by atoms with Crippen LogP contribution in [0.25, 0.3) is 0 Å². The van der Waals surface area contributed by atoms with Crippen LogP contribution in [0.3, 0.4) is 0 Å². The number of rotatable bonds is 7. The van der Waals surface area contributed by atoms with E-state index in [4.69, 9.17) is 4.74 Å². The van der Waals surface area contributed by atoms with Crippen molar-refractivity contribution in [3.05, 3.63) is 10.6 Å². The lowest BCUT2D eigenvalue weighted by molar-refractivity contribution is -0.116. The van der Waals surface area contributed by atoms with Gasteiger partial charge in [0.1, 0.15) is 6.54 Å². The summed E-state index contributed by atoms with van der Waals surface area (Å²) in [5, 5.41) is 6.39. The third-order valence-electron chi connectivity index (χ3n) is 4.39. The monoisotopic (exact) mass is 368 g/mol. The molecule has 3 amide bonds. The van der Waals surface area contributed by atoms with Gasteiger partial charge in [-0.05, 0) is 26.7 Å². The lowest BCUT2D eigenvalue weighted by Crippen LogP contribution is -2.49. The Hall–Kier alpha value is -1.67. The van der Waals surface area contributed by atoms with E-state index in [0.29, 0.717) is 18.3 Å². The van der Waals surface area contributed by atoms with Crippen LogP contribution in [0.15, 0.2) is 0 Å². The standard InChI is InChI=1S/C17H28N4O3S/c1-12-13(2)25-16(18-12)20-15(22)11-21(9-10-24-3)17(23)19-14-7-5-4-6-8-14/h14H,4-11H2,1-3H3,(H,19,23)(H,18,20,22). The number of nitrogens with one attached hydrogen (secondary N) is 2. The molecule has 0 atom stereocenters. The lowest BCUT2D eigenvalue weighted by Gasteiger charge is -2.28. The molecule has 1 aromatic heterocycles. The van der Waals surface area contributed by atoms with Crippen LogP contribution < -0.4 is 10.6 Å². The number of anilines is 1. The average Bonchev–Trinajstić information content (AvgIpc) is 2.89. The first-order chi connectivity index (χ1) is 12.0. The van der Waals surface area contributed by atoms with Crippen LogP contribution >= 0.6 is 11.3 Å². The Bertz CT molecular complexity index is 565. The largest absolute Gasteiger partial charge is 0.383 e. The third-order valence-corrected chi connectivity index (χ3v) is 5.38. The van der Waals surface area contributed by atoms with Gasteiger partial charge in [0.15, 0.2) is 5.13 Å². The maximum absolute atomic E-state index is 12.5. The molecule has 140 valence electrons. The van der Waals surface area contributed by atoms with Gasteiger partial charge in [0.25, 0.3) is 0 Å². The molecule has 1 aliphatic rings. The van der Waals surface area contributed by atoms with Gasteiger partial charge in [0.05, 0.1) is 12.3 Å². The molecule has 0 saturated heterocycles. The van der Waals surface area contributed by atoms with Gasteiger partial charge in [-0.15, -0.1) is 11.3 Å². The summed E-state index contributed by atoms with van der Waals surface area (Å²) in [6.45, 7) is 4.62. The molecule has 0 aromatic carbocycles. The second-order valence-corrected chi connectivity index (χ2v) is 7.61. The van der Waals surface area contributed by atoms with Crippen LogP contribution in [0, 0.1) is 13.8 Å². The van der Waals surface area contributed by atoms with Crippen LogP contribution in [0.5, 0.6) is 0 Å². The summed E-state index contributed by atoms with van der Waals surface area (Å²) in [6.07, 6.45) is 5.54. The maximum atomic E-state index is 12.5. The van der Waals surface area contributed by atoms with E-state index in [1.165, 1.54) is 22.7 Å². The van der Waals surface area contributed by atoms with Gasteiger partial charge in [-0.1, -0.05) is 19.3 Å². The van der Waals surface area contributed by atoms with Gasteiger partial charge in [0, 0.05) is 24.6 Å². The fourth-order valence-electron chi connectivity index (χ4n) is 2.83. The van der Waals surface area contributed by atoms with Crippen molar-refractivity contribution < 1.29 is 14.3 Å². The lowest BCUT2D eigenvalue weighted by atomic mass is 9.96. The fraction of sp³-hybridized carbons (Fsp3) is 0.706. The molecule has 0 radical (unpaired) electrons. The number of amides is 3. The number of carbonyl (C=O) groups excluding carboxylic acids is 2. The molecular weight excluding hydrogens is 340 g/mol. The molecule has 1 aliphatic carbocycles. The number of methoxy groups -OCH3 is 1. The molecule has 1 saturated carbocycles. The quantitative estimate of drug-likeness (QED) is 0.775. The molecule has 8 heteroatoms. The van der Waals surface area contributed by atoms with E-state index in [1.807, 2.05) is 13.8 Å². The van der Waals surface area contributed by atoms with E-state index in [-0.39, 0.29) is 24.5 Å². The minimum atomic E-state index is -0.247. The topological polar surface area (TPSA) is 83.6 Å². The van der Waals surface area contributed by atoms with Crippen molar-refractivity contribution in [1.29, 1.82) is 0 Å². The summed E-state index contributed by atoms with van der Waals surface area (Å²) in [4.78, 5) is 31.7. The van der Waals surface area contributed by atoms with Crippen molar-refractivity contribution in [1.82, 2.24) is 15.2 Å². The molecule has 1 fully saturated rings. The Morgan fingerprint density at radius 2 is 2.00 bits per heavy atom. The number of urea groups is 1. The van der Waals surface area contributed by atoms with Crippen molar-refractivity contribution in [3.63, 3.8) is 0 Å². The van der Waals surface area contributed by atoms with Crippen molar-refractivity contribution in [2.75, 3.05) is 32.1 Å². The SMILES string of the molecule is COCCN(CC(=O)Nc1nc(C)c(C)s1)C(=O)NC1CCCCC1. The smallest absolute Gasteiger partial charge is 0.318 e. The first-order valence-corrected chi connectivity index (χ1v) is 9.59. The molecular formula is C17H28N4O3S. The highest BCUT2D eigenvalue weighted by atomic mass is 32.1. The predicted molar refractivity (Wildman–Crippen MR) is 99.1 cm³/mol. The van der Waals surface area contributed by atoms with Crippen molar-refractivity contribution in [2.45, 2.75) is 52.0 Å². The minimum Gasteiger partial charge on any atom is -0.383 e. The number of ether oxygens (including phenoxy) is 1. The van der Waals surface area contributed by atoms with Gasteiger partial charge < -0.3 is 20.3 Å². The maximum Gasteiger partial charge on any atom is 0.318 e. The summed E-state index contributed by atoms with van der Waals surface area (Å²) in [5.74, 6) is -0.247. The van der Waals surface area contributed by atoms with Crippen LogP contribution in [-0.2, 0) is 9.53 Å². The molecule has 0 bridgehead atoms.